The molecule has 0 radical (unpaired) electrons. The summed E-state index contributed by atoms with van der Waals surface area (Å²) in [6.45, 7) is 6.84. The first-order valence-corrected chi connectivity index (χ1v) is 8.46. The molecule has 0 unspecified atom stereocenters. The van der Waals surface area contributed by atoms with Gasteiger partial charge in [0.1, 0.15) is 0 Å². The third kappa shape index (κ3) is 3.74. The van der Waals surface area contributed by atoms with Crippen molar-refractivity contribution in [2.24, 2.45) is 0 Å². The lowest BCUT2D eigenvalue weighted by Gasteiger charge is -2.36. The quantitative estimate of drug-likeness (QED) is 0.914. The number of anilines is 2. The summed E-state index contributed by atoms with van der Waals surface area (Å²) >= 11 is 0. The lowest BCUT2D eigenvalue weighted by atomic mass is 10.1. The van der Waals surface area contributed by atoms with Crippen LogP contribution in [0, 0.1) is 25.2 Å². The molecule has 1 fully saturated rings. The van der Waals surface area contributed by atoms with Crippen LogP contribution in [0.5, 0.6) is 0 Å². The highest BCUT2D eigenvalue weighted by Gasteiger charge is 2.22. The van der Waals surface area contributed by atoms with E-state index in [0.29, 0.717) is 18.7 Å². The number of nitrogens with one attached hydrogen (secondary N) is 1. The van der Waals surface area contributed by atoms with Crippen molar-refractivity contribution in [3.63, 3.8) is 0 Å². The predicted molar refractivity (Wildman–Crippen MR) is 99.9 cm³/mol. The highest BCUT2D eigenvalue weighted by atomic mass is 16.2. The molecule has 2 amide bonds. The van der Waals surface area contributed by atoms with Gasteiger partial charge in [-0.15, -0.1) is 0 Å². The van der Waals surface area contributed by atoms with Crippen LogP contribution in [-0.2, 0) is 0 Å². The smallest absolute Gasteiger partial charge is 0.321 e. The van der Waals surface area contributed by atoms with Crippen LogP contribution < -0.4 is 10.2 Å². The largest absolute Gasteiger partial charge is 0.368 e. The second kappa shape index (κ2) is 7.27. The third-order valence-corrected chi connectivity index (χ3v) is 4.62. The van der Waals surface area contributed by atoms with Crippen molar-refractivity contribution in [1.29, 1.82) is 5.26 Å². The number of rotatable bonds is 2. The van der Waals surface area contributed by atoms with Crippen molar-refractivity contribution in [2.75, 3.05) is 36.4 Å². The summed E-state index contributed by atoms with van der Waals surface area (Å²) in [5.41, 5.74) is 4.74. The summed E-state index contributed by atoms with van der Waals surface area (Å²) in [5, 5.41) is 12.1. The van der Waals surface area contributed by atoms with Gasteiger partial charge in [-0.25, -0.2) is 4.79 Å². The van der Waals surface area contributed by atoms with Crippen LogP contribution in [0.15, 0.2) is 42.5 Å². The Hall–Kier alpha value is -3.00. The maximum atomic E-state index is 12.6. The molecule has 1 aliphatic heterocycles. The zero-order chi connectivity index (χ0) is 17.8. The van der Waals surface area contributed by atoms with Gasteiger partial charge in [0.25, 0.3) is 0 Å². The molecule has 2 aromatic rings. The van der Waals surface area contributed by atoms with Crippen LogP contribution in [0.3, 0.4) is 0 Å². The van der Waals surface area contributed by atoms with Gasteiger partial charge in [0.15, 0.2) is 0 Å². The first-order valence-electron chi connectivity index (χ1n) is 8.46. The average Bonchev–Trinajstić information content (AvgIpc) is 2.65. The number of hydrogen-bond donors (Lipinski definition) is 1. The molecule has 0 saturated carbocycles. The molecule has 1 aliphatic rings. The van der Waals surface area contributed by atoms with E-state index in [1.807, 2.05) is 55.1 Å². The second-order valence-corrected chi connectivity index (χ2v) is 6.33. The van der Waals surface area contributed by atoms with E-state index < -0.39 is 0 Å². The van der Waals surface area contributed by atoms with Crippen molar-refractivity contribution >= 4 is 17.4 Å². The molecule has 0 bridgehead atoms. The molecule has 0 atom stereocenters. The van der Waals surface area contributed by atoms with E-state index in [1.165, 1.54) is 0 Å². The molecule has 3 rings (SSSR count). The van der Waals surface area contributed by atoms with E-state index in [2.05, 4.69) is 16.3 Å². The SMILES string of the molecule is Cc1cccc(C)c1NC(=O)N1CCN(c2cccc(C#N)c2)CC1. The number of carbonyl (C=O) groups excluding carboxylic acids is 1. The maximum absolute atomic E-state index is 12.6. The van der Waals surface area contributed by atoms with Gasteiger partial charge in [-0.05, 0) is 43.2 Å². The topological polar surface area (TPSA) is 59.4 Å². The minimum Gasteiger partial charge on any atom is -0.368 e. The van der Waals surface area contributed by atoms with E-state index in [9.17, 15) is 4.79 Å². The Bertz CT molecular complexity index is 796. The molecule has 0 aliphatic carbocycles. The Labute approximate surface area is 148 Å². The van der Waals surface area contributed by atoms with Crippen molar-refractivity contribution < 1.29 is 4.79 Å². The van der Waals surface area contributed by atoms with Gasteiger partial charge >= 0.3 is 6.03 Å². The van der Waals surface area contributed by atoms with E-state index in [-0.39, 0.29) is 6.03 Å². The summed E-state index contributed by atoms with van der Waals surface area (Å²) < 4.78 is 0. The van der Waals surface area contributed by atoms with Gasteiger partial charge in [0.05, 0.1) is 11.6 Å². The number of benzene rings is 2. The molecule has 5 heteroatoms. The lowest BCUT2D eigenvalue weighted by molar-refractivity contribution is 0.208. The molecule has 1 heterocycles. The molecule has 0 aromatic heterocycles. The van der Waals surface area contributed by atoms with Crippen LogP contribution in [0.1, 0.15) is 16.7 Å². The first kappa shape index (κ1) is 16.8. The van der Waals surface area contributed by atoms with Crippen LogP contribution in [-0.4, -0.2) is 37.1 Å². The van der Waals surface area contributed by atoms with Gasteiger partial charge in [0, 0.05) is 37.6 Å². The van der Waals surface area contributed by atoms with Gasteiger partial charge in [-0.3, -0.25) is 0 Å². The van der Waals surface area contributed by atoms with Gasteiger partial charge in [-0.1, -0.05) is 24.3 Å². The number of urea groups is 1. The molecule has 2 aromatic carbocycles. The summed E-state index contributed by atoms with van der Waals surface area (Å²) in [5.74, 6) is 0. The Morgan fingerprint density at radius 1 is 1.04 bits per heavy atom. The van der Waals surface area contributed by atoms with Crippen LogP contribution >= 0.6 is 0 Å². The Balaban J connectivity index is 1.62. The van der Waals surface area contributed by atoms with Crippen molar-refractivity contribution in [3.05, 3.63) is 59.2 Å². The number of hydrogen-bond acceptors (Lipinski definition) is 3. The number of nitriles is 1. The molecule has 0 spiro atoms. The number of carbonyl (C=O) groups is 1. The molecular weight excluding hydrogens is 312 g/mol. The molecule has 5 nitrogen and oxygen atoms in total. The Kier molecular flexibility index (Phi) is 4.90. The fourth-order valence-corrected chi connectivity index (χ4v) is 3.14. The minimum absolute atomic E-state index is 0.0529. The summed E-state index contributed by atoms with van der Waals surface area (Å²) in [6, 6.07) is 15.7. The van der Waals surface area contributed by atoms with Gasteiger partial charge < -0.3 is 15.1 Å². The van der Waals surface area contributed by atoms with Gasteiger partial charge in [-0.2, -0.15) is 5.26 Å². The standard InChI is InChI=1S/C20H22N4O/c1-15-5-3-6-16(2)19(15)22-20(25)24-11-9-23(10-12-24)18-8-4-7-17(13-18)14-21/h3-8,13H,9-12H2,1-2H3,(H,22,25). The molecule has 1 saturated heterocycles. The average molecular weight is 334 g/mol. The van der Waals surface area contributed by atoms with Crippen LogP contribution in [0.25, 0.3) is 0 Å². The highest BCUT2D eigenvalue weighted by Crippen LogP contribution is 2.21. The normalized spacial score (nSPS) is 14.1. The van der Waals surface area contributed by atoms with Gasteiger partial charge in [0.2, 0.25) is 0 Å². The summed E-state index contributed by atoms with van der Waals surface area (Å²) in [4.78, 5) is 16.6. The number of piperazine rings is 1. The Morgan fingerprint density at radius 3 is 2.32 bits per heavy atom. The fourth-order valence-electron chi connectivity index (χ4n) is 3.14. The van der Waals surface area contributed by atoms with E-state index in [0.717, 1.165) is 35.6 Å². The van der Waals surface area contributed by atoms with Crippen molar-refractivity contribution in [2.45, 2.75) is 13.8 Å². The third-order valence-electron chi connectivity index (χ3n) is 4.62. The fraction of sp³-hybridized carbons (Fsp3) is 0.300. The predicted octanol–water partition coefficient (Wildman–Crippen LogP) is 3.53. The van der Waals surface area contributed by atoms with E-state index >= 15 is 0 Å². The Morgan fingerprint density at radius 2 is 1.68 bits per heavy atom. The number of amides is 2. The number of nitrogens with zero attached hydrogens (tertiary/aromatic N) is 3. The van der Waals surface area contributed by atoms with Crippen molar-refractivity contribution in [3.8, 4) is 6.07 Å². The van der Waals surface area contributed by atoms with Crippen LogP contribution in [0.4, 0.5) is 16.2 Å². The minimum atomic E-state index is -0.0529. The number of para-hydroxylation sites is 1. The maximum Gasteiger partial charge on any atom is 0.321 e. The monoisotopic (exact) mass is 334 g/mol. The highest BCUT2D eigenvalue weighted by molar-refractivity contribution is 5.91. The lowest BCUT2D eigenvalue weighted by Crippen LogP contribution is -2.50. The van der Waals surface area contributed by atoms with Crippen LogP contribution in [0.2, 0.25) is 0 Å². The second-order valence-electron chi connectivity index (χ2n) is 6.33. The molecule has 128 valence electrons. The summed E-state index contributed by atoms with van der Waals surface area (Å²) in [7, 11) is 0. The zero-order valence-corrected chi connectivity index (χ0v) is 14.6. The zero-order valence-electron chi connectivity index (χ0n) is 14.6. The first-order chi connectivity index (χ1) is 12.1. The molecule has 25 heavy (non-hydrogen) atoms. The van der Waals surface area contributed by atoms with Crippen molar-refractivity contribution in [1.82, 2.24) is 4.90 Å². The van der Waals surface area contributed by atoms with E-state index in [4.69, 9.17) is 5.26 Å². The number of aryl methyl sites for hydroxylation is 2. The van der Waals surface area contributed by atoms with E-state index in [1.54, 1.807) is 6.07 Å². The molecule has 1 N–H and O–H groups in total. The summed E-state index contributed by atoms with van der Waals surface area (Å²) in [6.07, 6.45) is 0. The molecular formula is C20H22N4O.